The molecule has 11 heteroatoms. The molecule has 1 N–H and O–H groups in total. The quantitative estimate of drug-likeness (QED) is 0.263. The molecule has 0 unspecified atom stereocenters. The normalized spacial score (nSPS) is 17.3. The molecule has 1 amide bonds. The van der Waals surface area contributed by atoms with Gasteiger partial charge in [0.2, 0.25) is 5.91 Å². The van der Waals surface area contributed by atoms with Crippen molar-refractivity contribution in [1.82, 2.24) is 24.4 Å². The van der Waals surface area contributed by atoms with Crippen molar-refractivity contribution < 1.29 is 13.6 Å². The van der Waals surface area contributed by atoms with Crippen LogP contribution in [-0.2, 0) is 11.2 Å². The third kappa shape index (κ3) is 5.12. The monoisotopic (exact) mass is 597 g/mol. The smallest absolute Gasteiger partial charge is 0.355 e. The predicted octanol–water partition coefficient (Wildman–Crippen LogP) is 4.99. The summed E-state index contributed by atoms with van der Waals surface area (Å²) in [5, 5.41) is 3.52. The van der Waals surface area contributed by atoms with Crippen LogP contribution in [0.25, 0.3) is 28.0 Å². The van der Waals surface area contributed by atoms with Gasteiger partial charge >= 0.3 is 5.69 Å². The maximum atomic E-state index is 16.1. The number of nitrogens with one attached hydrogen (secondary N) is 1. The minimum Gasteiger partial charge on any atom is -0.382 e. The number of piperazine rings is 1. The lowest BCUT2D eigenvalue weighted by Gasteiger charge is -2.40. The Balaban J connectivity index is 1.68. The van der Waals surface area contributed by atoms with Crippen molar-refractivity contribution in [3.8, 4) is 16.9 Å². The first-order valence-corrected chi connectivity index (χ1v) is 14.7. The van der Waals surface area contributed by atoms with E-state index in [1.54, 1.807) is 17.2 Å². The number of allylic oxidation sites excluding steroid dienone is 1. The lowest BCUT2D eigenvalue weighted by Crippen LogP contribution is -2.54. The largest absolute Gasteiger partial charge is 0.382 e. The highest BCUT2D eigenvalue weighted by atomic mass is 19.1. The molecule has 5 heterocycles. The van der Waals surface area contributed by atoms with Gasteiger partial charge in [-0.2, -0.15) is 4.98 Å². The van der Waals surface area contributed by atoms with Crippen LogP contribution in [0, 0.1) is 11.6 Å². The molecule has 6 rings (SSSR count). The van der Waals surface area contributed by atoms with E-state index in [1.165, 1.54) is 28.8 Å². The zero-order valence-electron chi connectivity index (χ0n) is 24.8. The molecular weight excluding hydrogens is 564 g/mol. The first-order valence-electron chi connectivity index (χ1n) is 14.7. The number of halogens is 2. The van der Waals surface area contributed by atoms with Gasteiger partial charge in [-0.1, -0.05) is 32.6 Å². The summed E-state index contributed by atoms with van der Waals surface area (Å²) in [6.45, 7) is 11.0. The van der Waals surface area contributed by atoms with E-state index < -0.39 is 17.3 Å². The number of rotatable bonds is 3. The van der Waals surface area contributed by atoms with Crippen molar-refractivity contribution >= 4 is 28.4 Å². The number of carbonyl (C=O) groups is 1. The molecule has 44 heavy (non-hydrogen) atoms. The Morgan fingerprint density at radius 3 is 2.68 bits per heavy atom. The highest BCUT2D eigenvalue weighted by Gasteiger charge is 2.31. The number of anilines is 2. The molecule has 4 aromatic rings. The molecular formula is C33H33F2N7O2. The Morgan fingerprint density at radius 1 is 1.11 bits per heavy atom. The summed E-state index contributed by atoms with van der Waals surface area (Å²) in [7, 11) is 0. The first kappa shape index (κ1) is 29.2. The van der Waals surface area contributed by atoms with Gasteiger partial charge in [0.05, 0.1) is 16.8 Å². The molecule has 1 atom stereocenters. The van der Waals surface area contributed by atoms with Gasteiger partial charge in [-0.25, -0.2) is 23.1 Å². The second-order valence-electron chi connectivity index (χ2n) is 11.4. The van der Waals surface area contributed by atoms with E-state index in [0.717, 1.165) is 5.56 Å². The van der Waals surface area contributed by atoms with Crippen LogP contribution < -0.4 is 15.9 Å². The predicted molar refractivity (Wildman–Crippen MR) is 167 cm³/mol. The lowest BCUT2D eigenvalue weighted by atomic mass is 10.0. The molecule has 0 aliphatic carbocycles. The van der Waals surface area contributed by atoms with Crippen LogP contribution in [0.1, 0.15) is 37.9 Å². The molecule has 1 fully saturated rings. The number of pyridine rings is 2. The summed E-state index contributed by atoms with van der Waals surface area (Å²) in [5.41, 5.74) is 1.88. The molecule has 226 valence electrons. The van der Waals surface area contributed by atoms with E-state index in [-0.39, 0.29) is 40.6 Å². The van der Waals surface area contributed by atoms with E-state index in [2.05, 4.69) is 21.9 Å². The van der Waals surface area contributed by atoms with Gasteiger partial charge in [0.1, 0.15) is 23.1 Å². The molecule has 0 spiro atoms. The fraction of sp³-hybridized carbons (Fsp3) is 0.303. The van der Waals surface area contributed by atoms with E-state index in [9.17, 15) is 9.59 Å². The molecule has 2 aliphatic heterocycles. The Labute approximate surface area is 253 Å². The molecule has 9 nitrogen and oxygen atoms in total. The van der Waals surface area contributed by atoms with Gasteiger partial charge in [0, 0.05) is 49.7 Å². The number of hydrogen-bond acceptors (Lipinski definition) is 7. The molecule has 1 saturated heterocycles. The van der Waals surface area contributed by atoms with Crippen LogP contribution in [0.4, 0.5) is 20.3 Å². The van der Waals surface area contributed by atoms with Gasteiger partial charge in [-0.15, -0.1) is 0 Å². The van der Waals surface area contributed by atoms with Crippen molar-refractivity contribution in [2.24, 2.45) is 0 Å². The Kier molecular flexibility index (Phi) is 7.71. The summed E-state index contributed by atoms with van der Waals surface area (Å²) in [6.07, 6.45) is 7.42. The summed E-state index contributed by atoms with van der Waals surface area (Å²) < 4.78 is 32.8. The Morgan fingerprint density at radius 2 is 1.93 bits per heavy atom. The van der Waals surface area contributed by atoms with Gasteiger partial charge in [0.15, 0.2) is 5.65 Å². The average molecular weight is 598 g/mol. The maximum Gasteiger partial charge on any atom is 0.355 e. The van der Waals surface area contributed by atoms with Crippen LogP contribution >= 0.6 is 0 Å². The van der Waals surface area contributed by atoms with Gasteiger partial charge in [-0.3, -0.25) is 9.78 Å². The number of hydrogen-bond donors (Lipinski definition) is 1. The van der Waals surface area contributed by atoms with E-state index in [1.807, 2.05) is 43.9 Å². The van der Waals surface area contributed by atoms with E-state index in [4.69, 9.17) is 4.98 Å². The Bertz CT molecular complexity index is 1880. The summed E-state index contributed by atoms with van der Waals surface area (Å²) >= 11 is 0. The average Bonchev–Trinajstić information content (AvgIpc) is 3.00. The zero-order chi connectivity index (χ0) is 31.1. The van der Waals surface area contributed by atoms with Crippen molar-refractivity contribution in [2.45, 2.75) is 39.2 Å². The molecule has 2 aliphatic rings. The maximum absolute atomic E-state index is 16.1. The van der Waals surface area contributed by atoms with Gasteiger partial charge in [-0.05, 0) is 61.2 Å². The lowest BCUT2D eigenvalue weighted by molar-refractivity contribution is -0.126. The van der Waals surface area contributed by atoms with E-state index >= 15 is 8.78 Å². The minimum atomic E-state index is -0.752. The third-order valence-corrected chi connectivity index (χ3v) is 8.14. The van der Waals surface area contributed by atoms with Gasteiger partial charge in [0.25, 0.3) is 0 Å². The Hall–Kier alpha value is -4.93. The minimum absolute atomic E-state index is 0.0341. The summed E-state index contributed by atoms with van der Waals surface area (Å²) in [4.78, 5) is 43.9. The van der Waals surface area contributed by atoms with Crippen LogP contribution in [0.15, 0.2) is 66.1 Å². The van der Waals surface area contributed by atoms with Crippen molar-refractivity contribution in [3.63, 3.8) is 0 Å². The molecule has 1 aromatic carbocycles. The number of amides is 1. The molecule has 3 aromatic heterocycles. The van der Waals surface area contributed by atoms with Crippen molar-refractivity contribution in [1.29, 1.82) is 0 Å². The fourth-order valence-corrected chi connectivity index (χ4v) is 5.96. The highest BCUT2D eigenvalue weighted by molar-refractivity contribution is 5.91. The number of benzene rings is 1. The summed E-state index contributed by atoms with van der Waals surface area (Å²) in [6, 6.07) is 7.25. The molecule has 0 radical (unpaired) electrons. The van der Waals surface area contributed by atoms with Crippen LogP contribution in [0.5, 0.6) is 0 Å². The highest BCUT2D eigenvalue weighted by Crippen LogP contribution is 2.35. The standard InChI is InChI=1S/C33H33F2N7O2/c1-5-27(43)40-14-15-41(20(4)18-40)31-24-17-26(35)29-23-16-22(9-10-25(23)34)36-12-7-6-8-21-11-13-37-28(19(2)3)30(21)42(32(24)38-29)33(44)39-31/h5-7,9-11,13,16-17,19-20,36H,1,8,12,14-15,18H2,2-4H3/b7-6+/t20-/m0/s1. The van der Waals surface area contributed by atoms with Crippen LogP contribution in [-0.4, -0.2) is 62.5 Å². The topological polar surface area (TPSA) is 96.3 Å². The van der Waals surface area contributed by atoms with Crippen molar-refractivity contribution in [2.75, 3.05) is 36.4 Å². The third-order valence-electron chi connectivity index (χ3n) is 8.14. The van der Waals surface area contributed by atoms with Crippen LogP contribution in [0.2, 0.25) is 0 Å². The number of fused-ring (bicyclic) bond motifs is 6. The second-order valence-corrected chi connectivity index (χ2v) is 11.4. The van der Waals surface area contributed by atoms with Crippen molar-refractivity contribution in [3.05, 3.63) is 94.7 Å². The molecule has 0 saturated carbocycles. The van der Waals surface area contributed by atoms with Gasteiger partial charge < -0.3 is 15.1 Å². The van der Waals surface area contributed by atoms with Crippen LogP contribution in [0.3, 0.4) is 0 Å². The first-order chi connectivity index (χ1) is 21.2. The SMILES string of the molecule is C=CC(=O)N1CCN(c2nc(=O)n3c4nc(c(F)cc24)-c2cc(ccc2F)NC/C=C/Cc2ccnc(C(C)C)c2-3)[C@@H](C)C1. The number of carbonyl (C=O) groups excluding carboxylic acids is 1. The van der Waals surface area contributed by atoms with E-state index in [0.29, 0.717) is 55.1 Å². The molecule has 4 bridgehead atoms. The fourth-order valence-electron chi connectivity index (χ4n) is 5.96. The second kappa shape index (κ2) is 11.6. The zero-order valence-corrected chi connectivity index (χ0v) is 24.8. The number of aromatic nitrogens is 4. The number of nitrogens with zero attached hydrogens (tertiary/aromatic N) is 6. The summed E-state index contributed by atoms with van der Waals surface area (Å²) in [5.74, 6) is -1.40.